The monoisotopic (exact) mass is 607 g/mol. The maximum atomic E-state index is 13.1. The Balaban J connectivity index is 1.43. The number of alkyl halides is 2. The van der Waals surface area contributed by atoms with Gasteiger partial charge in [0, 0.05) is 24.4 Å². The molecule has 14 heteroatoms. The Morgan fingerprint density at radius 1 is 1.10 bits per heavy atom. The number of rotatable bonds is 11. The summed E-state index contributed by atoms with van der Waals surface area (Å²) in [5.41, 5.74) is 0.722. The lowest BCUT2D eigenvalue weighted by molar-refractivity contribution is -0.605. The first kappa shape index (κ1) is 28.5. The summed E-state index contributed by atoms with van der Waals surface area (Å²) < 4.78 is 42.5. The summed E-state index contributed by atoms with van der Waals surface area (Å²) >= 11 is 12.5. The normalized spacial score (nSPS) is 15.2. The molecule has 3 aromatic rings. The van der Waals surface area contributed by atoms with Crippen LogP contribution in [-0.4, -0.2) is 47.4 Å². The van der Waals surface area contributed by atoms with Gasteiger partial charge in [0.15, 0.2) is 23.9 Å². The number of halogens is 4. The molecule has 2 aliphatic rings. The van der Waals surface area contributed by atoms with E-state index in [-0.39, 0.29) is 51.3 Å². The second-order valence-electron chi connectivity index (χ2n) is 9.43. The van der Waals surface area contributed by atoms with E-state index < -0.39 is 37.0 Å². The average Bonchev–Trinajstić information content (AvgIpc) is 3.72. The molecular formula is C27H21Cl2F2N3O7. The third kappa shape index (κ3) is 6.49. The molecule has 2 amide bonds. The summed E-state index contributed by atoms with van der Waals surface area (Å²) in [6.07, 6.45) is 5.32. The Morgan fingerprint density at radius 3 is 2.46 bits per heavy atom. The fourth-order valence-electron chi connectivity index (χ4n) is 4.26. The fraction of sp³-hybridized carbons (Fsp3) is 0.296. The number of ether oxygens (including phenoxy) is 3. The van der Waals surface area contributed by atoms with Gasteiger partial charge in [0.25, 0.3) is 11.8 Å². The van der Waals surface area contributed by atoms with Crippen LogP contribution in [0.5, 0.6) is 11.5 Å². The number of fused-ring (bicyclic) bond motifs is 1. The molecule has 41 heavy (non-hydrogen) atoms. The second kappa shape index (κ2) is 11.8. The van der Waals surface area contributed by atoms with Crippen LogP contribution in [0.2, 0.25) is 10.0 Å². The van der Waals surface area contributed by atoms with Crippen molar-refractivity contribution in [2.45, 2.75) is 32.0 Å². The van der Waals surface area contributed by atoms with Gasteiger partial charge in [-0.3, -0.25) is 24.3 Å². The molecule has 0 spiro atoms. The molecule has 0 saturated heterocycles. The van der Waals surface area contributed by atoms with E-state index in [0.717, 1.165) is 30.1 Å². The van der Waals surface area contributed by atoms with E-state index in [1.807, 2.05) is 0 Å². The zero-order valence-corrected chi connectivity index (χ0v) is 22.6. The van der Waals surface area contributed by atoms with Gasteiger partial charge in [0.05, 0.1) is 17.7 Å². The molecular weight excluding hydrogens is 587 g/mol. The third-order valence-corrected chi connectivity index (χ3v) is 7.16. The van der Waals surface area contributed by atoms with Gasteiger partial charge in [-0.05, 0) is 42.5 Å². The number of hydrogen-bond donors (Lipinski definition) is 0. The van der Waals surface area contributed by atoms with E-state index in [1.165, 1.54) is 36.7 Å². The Bertz CT molecular complexity index is 1460. The fourth-order valence-corrected chi connectivity index (χ4v) is 4.86. The molecule has 10 nitrogen and oxygen atoms in total. The van der Waals surface area contributed by atoms with Crippen LogP contribution in [0, 0.1) is 11.1 Å². The first-order valence-corrected chi connectivity index (χ1v) is 13.1. The smallest absolute Gasteiger partial charge is 0.387 e. The lowest BCUT2D eigenvalue weighted by atomic mass is 10.0. The Kier molecular flexibility index (Phi) is 8.22. The van der Waals surface area contributed by atoms with Gasteiger partial charge in [0.2, 0.25) is 0 Å². The van der Waals surface area contributed by atoms with Crippen LogP contribution in [0.3, 0.4) is 0 Å². The molecule has 0 N–H and O–H groups in total. The topological polar surface area (TPSA) is 122 Å². The zero-order valence-electron chi connectivity index (χ0n) is 21.1. The van der Waals surface area contributed by atoms with E-state index in [4.69, 9.17) is 32.7 Å². The van der Waals surface area contributed by atoms with Gasteiger partial charge in [-0.1, -0.05) is 29.3 Å². The molecule has 2 aromatic heterocycles. The van der Waals surface area contributed by atoms with E-state index in [1.54, 1.807) is 0 Å². The maximum absolute atomic E-state index is 13.1. The highest BCUT2D eigenvalue weighted by molar-refractivity contribution is 6.35. The number of aromatic nitrogens is 2. The minimum absolute atomic E-state index is 0.00579. The van der Waals surface area contributed by atoms with E-state index in [0.29, 0.717) is 16.2 Å². The predicted molar refractivity (Wildman–Crippen MR) is 139 cm³/mol. The maximum Gasteiger partial charge on any atom is 0.387 e. The standard InChI is InChI=1S/C27H21Cl2F2N3O7/c28-19-10-33(38)11-20(29)17(19)8-22(15-3-4-21(41-27(30)31)23(7-15)39-13-14-1-2-14)40-24(35)12-34-25(36)16-5-6-32-9-18(16)26(34)37/h3-7,9-11,14,22,27H,1-2,8,12-13H2/t22-/m0/s1. The molecule has 1 aliphatic carbocycles. The van der Waals surface area contributed by atoms with Crippen LogP contribution in [0.1, 0.15) is 50.8 Å². The predicted octanol–water partition coefficient (Wildman–Crippen LogP) is 4.54. The van der Waals surface area contributed by atoms with Crippen LogP contribution in [0.15, 0.2) is 49.1 Å². The molecule has 0 unspecified atom stereocenters. The highest BCUT2D eigenvalue weighted by atomic mass is 35.5. The van der Waals surface area contributed by atoms with Crippen molar-refractivity contribution < 1.29 is 42.1 Å². The highest BCUT2D eigenvalue weighted by Gasteiger charge is 2.38. The molecule has 0 bridgehead atoms. The lowest BCUT2D eigenvalue weighted by Crippen LogP contribution is -2.36. The molecule has 3 heterocycles. The zero-order chi connectivity index (χ0) is 29.3. The minimum Gasteiger partial charge on any atom is -0.619 e. The molecule has 1 aliphatic heterocycles. The summed E-state index contributed by atoms with van der Waals surface area (Å²) in [5.74, 6) is -2.25. The Labute approximate surface area is 241 Å². The van der Waals surface area contributed by atoms with Crippen LogP contribution >= 0.6 is 23.2 Å². The van der Waals surface area contributed by atoms with E-state index in [9.17, 15) is 28.4 Å². The quantitative estimate of drug-likeness (QED) is 0.135. The van der Waals surface area contributed by atoms with Gasteiger partial charge >= 0.3 is 12.6 Å². The molecule has 1 saturated carbocycles. The molecule has 214 valence electrons. The summed E-state index contributed by atoms with van der Waals surface area (Å²) in [4.78, 5) is 43.1. The van der Waals surface area contributed by atoms with Crippen molar-refractivity contribution in [1.82, 2.24) is 9.88 Å². The number of imide groups is 1. The summed E-state index contributed by atoms with van der Waals surface area (Å²) in [6, 6.07) is 5.41. The first-order valence-electron chi connectivity index (χ1n) is 12.4. The average molecular weight is 608 g/mol. The van der Waals surface area contributed by atoms with Crippen molar-refractivity contribution in [3.63, 3.8) is 0 Å². The summed E-state index contributed by atoms with van der Waals surface area (Å²) in [6.45, 7) is -3.53. The van der Waals surface area contributed by atoms with Gasteiger partial charge in [-0.15, -0.1) is 0 Å². The van der Waals surface area contributed by atoms with Crippen LogP contribution in [0.25, 0.3) is 0 Å². The third-order valence-electron chi connectivity index (χ3n) is 6.51. The van der Waals surface area contributed by atoms with Crippen molar-refractivity contribution >= 4 is 41.0 Å². The molecule has 1 fully saturated rings. The van der Waals surface area contributed by atoms with E-state index in [2.05, 4.69) is 9.72 Å². The number of nitrogens with zero attached hydrogens (tertiary/aromatic N) is 3. The molecule has 1 atom stereocenters. The SMILES string of the molecule is O=C(CN1C(=O)c2ccncc2C1=O)O[C@@H](Cc1c(Cl)c[n+]([O-])cc1Cl)c1ccc(OC(F)F)c(OCC2CC2)c1. The van der Waals surface area contributed by atoms with E-state index >= 15 is 0 Å². The van der Waals surface area contributed by atoms with Gasteiger partial charge in [-0.2, -0.15) is 13.5 Å². The lowest BCUT2D eigenvalue weighted by Gasteiger charge is -2.22. The minimum atomic E-state index is -3.10. The summed E-state index contributed by atoms with van der Waals surface area (Å²) in [5, 5.41) is 11.7. The largest absolute Gasteiger partial charge is 0.619 e. The van der Waals surface area contributed by atoms with Crippen LogP contribution < -0.4 is 14.2 Å². The van der Waals surface area contributed by atoms with Crippen molar-refractivity contribution in [3.05, 3.63) is 86.6 Å². The number of carbonyl (C=O) groups excluding carboxylic acids is 3. The van der Waals surface area contributed by atoms with Gasteiger partial charge in [0.1, 0.15) is 22.7 Å². The molecule has 1 aromatic carbocycles. The number of pyridine rings is 2. The number of amides is 2. The Hall–Kier alpha value is -4.03. The molecule has 0 radical (unpaired) electrons. The molecule has 5 rings (SSSR count). The van der Waals surface area contributed by atoms with Crippen LogP contribution in [-0.2, 0) is 16.0 Å². The highest BCUT2D eigenvalue weighted by Crippen LogP contribution is 2.38. The van der Waals surface area contributed by atoms with Crippen molar-refractivity contribution in [3.8, 4) is 11.5 Å². The number of benzene rings is 1. The van der Waals surface area contributed by atoms with Gasteiger partial charge in [-0.25, -0.2) is 0 Å². The first-order chi connectivity index (χ1) is 19.6. The second-order valence-corrected chi connectivity index (χ2v) is 10.2. The Morgan fingerprint density at radius 2 is 1.80 bits per heavy atom. The van der Waals surface area contributed by atoms with Crippen molar-refractivity contribution in [2.24, 2.45) is 5.92 Å². The number of esters is 1. The van der Waals surface area contributed by atoms with Crippen molar-refractivity contribution in [2.75, 3.05) is 13.2 Å². The number of carbonyl (C=O) groups is 3. The van der Waals surface area contributed by atoms with Gasteiger partial charge < -0.3 is 19.4 Å². The number of hydrogen-bond acceptors (Lipinski definition) is 8. The van der Waals surface area contributed by atoms with Crippen LogP contribution in [0.4, 0.5) is 8.78 Å². The summed E-state index contributed by atoms with van der Waals surface area (Å²) in [7, 11) is 0. The van der Waals surface area contributed by atoms with Crippen molar-refractivity contribution in [1.29, 1.82) is 0 Å².